The van der Waals surface area contributed by atoms with E-state index < -0.39 is 0 Å². The van der Waals surface area contributed by atoms with Gasteiger partial charge < -0.3 is 4.74 Å². The number of nitrogens with zero attached hydrogens (tertiary/aromatic N) is 5. The maximum atomic E-state index is 13.2. The minimum Gasteiger partial charge on any atom is -0.497 e. The molecule has 9 heteroatoms. The molecule has 0 bridgehead atoms. The maximum absolute atomic E-state index is 13.2. The quantitative estimate of drug-likeness (QED) is 0.266. The second-order valence-electron chi connectivity index (χ2n) is 8.44. The Balaban J connectivity index is 1.46. The van der Waals surface area contributed by atoms with E-state index >= 15 is 0 Å². The van der Waals surface area contributed by atoms with Crippen LogP contribution in [0.2, 0.25) is 0 Å². The summed E-state index contributed by atoms with van der Waals surface area (Å²) in [6, 6.07) is 15.6. The lowest BCUT2D eigenvalue weighted by Gasteiger charge is -2.12. The first kappa shape index (κ1) is 22.6. The number of aryl methyl sites for hydroxylation is 1. The highest BCUT2D eigenvalue weighted by Crippen LogP contribution is 2.29. The van der Waals surface area contributed by atoms with E-state index in [1.165, 1.54) is 0 Å². The second-order valence-corrected chi connectivity index (χ2v) is 10.2. The Morgan fingerprint density at radius 3 is 2.65 bits per heavy atom. The topological polar surface area (TPSA) is 74.3 Å². The van der Waals surface area contributed by atoms with Gasteiger partial charge in [0.15, 0.2) is 5.16 Å². The van der Waals surface area contributed by atoms with Crippen LogP contribution in [0.15, 0.2) is 63.9 Å². The molecule has 0 radical (unpaired) electrons. The number of benzene rings is 2. The summed E-state index contributed by atoms with van der Waals surface area (Å²) in [6.45, 7) is 4.93. The first-order valence-electron chi connectivity index (χ1n) is 11.1. The summed E-state index contributed by atoms with van der Waals surface area (Å²) in [4.78, 5) is 18.0. The van der Waals surface area contributed by atoms with Crippen molar-refractivity contribution < 1.29 is 4.74 Å². The van der Waals surface area contributed by atoms with Crippen molar-refractivity contribution in [3.63, 3.8) is 0 Å². The van der Waals surface area contributed by atoms with Crippen LogP contribution in [0.4, 0.5) is 0 Å². The highest BCUT2D eigenvalue weighted by atomic mass is 32.2. The van der Waals surface area contributed by atoms with Crippen molar-refractivity contribution in [3.05, 3.63) is 70.0 Å². The molecule has 34 heavy (non-hydrogen) atoms. The number of hydrogen-bond donors (Lipinski definition) is 0. The monoisotopic (exact) mass is 491 g/mol. The van der Waals surface area contributed by atoms with Gasteiger partial charge in [0.25, 0.3) is 5.56 Å². The molecule has 0 aliphatic rings. The van der Waals surface area contributed by atoms with Gasteiger partial charge in [-0.3, -0.25) is 13.8 Å². The molecule has 0 N–H and O–H groups in total. The molecule has 0 spiro atoms. The molecule has 0 atom stereocenters. The van der Waals surface area contributed by atoms with Crippen molar-refractivity contribution in [3.8, 4) is 16.3 Å². The standard InChI is InChI=1S/C25H25N5O2S2/c1-16(2)12-13-29-23(31)20-6-4-5-7-21(20)30-24(29)27-28-25(30)34-15-18-14-33-22(26-18)17-8-10-19(32-3)11-9-17/h4-11,14,16H,12-13,15H2,1-3H3. The summed E-state index contributed by atoms with van der Waals surface area (Å²) in [6.07, 6.45) is 0.899. The van der Waals surface area contributed by atoms with E-state index in [1.54, 1.807) is 34.8 Å². The normalized spacial score (nSPS) is 11.6. The zero-order valence-electron chi connectivity index (χ0n) is 19.3. The van der Waals surface area contributed by atoms with Crippen LogP contribution in [0, 0.1) is 5.92 Å². The second kappa shape index (κ2) is 9.60. The molecule has 0 unspecified atom stereocenters. The Morgan fingerprint density at radius 2 is 1.88 bits per heavy atom. The maximum Gasteiger partial charge on any atom is 0.262 e. The van der Waals surface area contributed by atoms with Crippen LogP contribution < -0.4 is 10.3 Å². The van der Waals surface area contributed by atoms with Crippen LogP contribution >= 0.6 is 23.1 Å². The number of para-hydroxylation sites is 1. The molecule has 5 aromatic rings. The molecular formula is C25H25N5O2S2. The van der Waals surface area contributed by atoms with E-state index in [0.29, 0.717) is 29.4 Å². The van der Waals surface area contributed by atoms with Crippen molar-refractivity contribution in [2.45, 2.75) is 37.7 Å². The molecule has 0 saturated heterocycles. The first-order valence-corrected chi connectivity index (χ1v) is 13.0. The minimum atomic E-state index is -0.0173. The lowest BCUT2D eigenvalue weighted by Crippen LogP contribution is -2.24. The zero-order chi connectivity index (χ0) is 23.7. The molecule has 0 fully saturated rings. The van der Waals surface area contributed by atoms with Gasteiger partial charge in [0, 0.05) is 23.2 Å². The summed E-state index contributed by atoms with van der Waals surface area (Å²) in [5.74, 6) is 2.56. The fraction of sp³-hybridized carbons (Fsp3) is 0.280. The number of hydrogen-bond acceptors (Lipinski definition) is 7. The van der Waals surface area contributed by atoms with Gasteiger partial charge in [-0.1, -0.05) is 37.7 Å². The van der Waals surface area contributed by atoms with Gasteiger partial charge in [0.2, 0.25) is 5.78 Å². The molecule has 2 aromatic carbocycles. The molecular weight excluding hydrogens is 466 g/mol. The summed E-state index contributed by atoms with van der Waals surface area (Å²) >= 11 is 3.20. The Morgan fingerprint density at radius 1 is 1.09 bits per heavy atom. The molecule has 0 aliphatic heterocycles. The highest BCUT2D eigenvalue weighted by molar-refractivity contribution is 7.98. The van der Waals surface area contributed by atoms with E-state index in [9.17, 15) is 4.79 Å². The number of fused-ring (bicyclic) bond motifs is 3. The number of methoxy groups -OCH3 is 1. The number of thioether (sulfide) groups is 1. The first-order chi connectivity index (χ1) is 16.5. The predicted molar refractivity (Wildman–Crippen MR) is 138 cm³/mol. The van der Waals surface area contributed by atoms with Crippen LogP contribution in [-0.4, -0.2) is 31.3 Å². The van der Waals surface area contributed by atoms with Gasteiger partial charge in [0.1, 0.15) is 10.8 Å². The third-order valence-corrected chi connectivity index (χ3v) is 7.55. The Bertz CT molecular complexity index is 1500. The number of rotatable bonds is 8. The van der Waals surface area contributed by atoms with Gasteiger partial charge in [-0.2, -0.15) is 0 Å². The van der Waals surface area contributed by atoms with Gasteiger partial charge in [-0.25, -0.2) is 4.98 Å². The zero-order valence-corrected chi connectivity index (χ0v) is 20.9. The van der Waals surface area contributed by atoms with E-state index in [0.717, 1.165) is 39.1 Å². The molecule has 3 aromatic heterocycles. The van der Waals surface area contributed by atoms with E-state index in [-0.39, 0.29) is 5.56 Å². The summed E-state index contributed by atoms with van der Waals surface area (Å²) < 4.78 is 8.99. The minimum absolute atomic E-state index is 0.0173. The van der Waals surface area contributed by atoms with Crippen molar-refractivity contribution in [2.75, 3.05) is 7.11 Å². The number of aromatic nitrogens is 5. The molecule has 0 saturated carbocycles. The van der Waals surface area contributed by atoms with Crippen molar-refractivity contribution in [2.24, 2.45) is 5.92 Å². The van der Waals surface area contributed by atoms with Crippen molar-refractivity contribution in [1.29, 1.82) is 0 Å². The number of thiazole rings is 1. The van der Waals surface area contributed by atoms with E-state index in [4.69, 9.17) is 9.72 Å². The lowest BCUT2D eigenvalue weighted by molar-refractivity contribution is 0.415. The third kappa shape index (κ3) is 4.33. The predicted octanol–water partition coefficient (Wildman–Crippen LogP) is 5.51. The van der Waals surface area contributed by atoms with Crippen LogP contribution in [0.5, 0.6) is 5.75 Å². The summed E-state index contributed by atoms with van der Waals surface area (Å²) in [5.41, 5.74) is 2.86. The van der Waals surface area contributed by atoms with E-state index in [2.05, 4.69) is 29.4 Å². The van der Waals surface area contributed by atoms with Crippen LogP contribution in [0.3, 0.4) is 0 Å². The van der Waals surface area contributed by atoms with Gasteiger partial charge >= 0.3 is 0 Å². The summed E-state index contributed by atoms with van der Waals surface area (Å²) in [7, 11) is 1.66. The molecule has 3 heterocycles. The van der Waals surface area contributed by atoms with Crippen LogP contribution in [0.1, 0.15) is 26.0 Å². The van der Waals surface area contributed by atoms with Crippen molar-refractivity contribution in [1.82, 2.24) is 24.1 Å². The van der Waals surface area contributed by atoms with Crippen LogP contribution in [-0.2, 0) is 12.3 Å². The average Bonchev–Trinajstić information content (AvgIpc) is 3.50. The average molecular weight is 492 g/mol. The molecule has 5 rings (SSSR count). The van der Waals surface area contributed by atoms with Gasteiger partial charge in [-0.15, -0.1) is 21.5 Å². The van der Waals surface area contributed by atoms with Gasteiger partial charge in [0.05, 0.1) is 23.7 Å². The highest BCUT2D eigenvalue weighted by Gasteiger charge is 2.17. The largest absolute Gasteiger partial charge is 0.497 e. The Kier molecular flexibility index (Phi) is 6.38. The van der Waals surface area contributed by atoms with Crippen molar-refractivity contribution >= 4 is 39.8 Å². The summed E-state index contributed by atoms with van der Waals surface area (Å²) in [5, 5.41) is 13.3. The van der Waals surface area contributed by atoms with Crippen LogP contribution in [0.25, 0.3) is 27.3 Å². The lowest BCUT2D eigenvalue weighted by atomic mass is 10.1. The van der Waals surface area contributed by atoms with Gasteiger partial charge in [-0.05, 0) is 48.7 Å². The molecule has 0 aliphatic carbocycles. The SMILES string of the molecule is COc1ccc(-c2nc(CSc3nnc4n(CCC(C)C)c(=O)c5ccccc5n34)cs2)cc1. The van der Waals surface area contributed by atoms with E-state index in [1.807, 2.05) is 52.9 Å². The molecule has 174 valence electrons. The Hall–Kier alpha value is -3.17. The number of ether oxygens (including phenoxy) is 1. The fourth-order valence-electron chi connectivity index (χ4n) is 3.79. The fourth-order valence-corrected chi connectivity index (χ4v) is 5.56. The smallest absolute Gasteiger partial charge is 0.262 e. The Labute approximate surface area is 205 Å². The third-order valence-electron chi connectivity index (χ3n) is 5.65. The molecule has 0 amide bonds. The molecule has 7 nitrogen and oxygen atoms in total.